The number of amides is 1. The Morgan fingerprint density at radius 3 is 2.48 bits per heavy atom. The van der Waals surface area contributed by atoms with Crippen molar-refractivity contribution in [2.24, 2.45) is 0 Å². The predicted molar refractivity (Wildman–Crippen MR) is 94.7 cm³/mol. The quantitative estimate of drug-likeness (QED) is 0.563. The molecular formula is C19H17F2NO5. The molecule has 0 saturated heterocycles. The van der Waals surface area contributed by atoms with E-state index in [9.17, 15) is 18.4 Å². The van der Waals surface area contributed by atoms with Crippen molar-refractivity contribution in [1.82, 2.24) is 0 Å². The number of esters is 1. The van der Waals surface area contributed by atoms with Crippen LogP contribution >= 0.6 is 0 Å². The van der Waals surface area contributed by atoms with Crippen LogP contribution in [0.4, 0.5) is 14.5 Å². The zero-order chi connectivity index (χ0) is 19.6. The Morgan fingerprint density at radius 2 is 1.81 bits per heavy atom. The first-order valence-corrected chi connectivity index (χ1v) is 7.80. The maximum atomic E-state index is 12.1. The minimum absolute atomic E-state index is 0.0316. The second kappa shape index (κ2) is 9.91. The fourth-order valence-electron chi connectivity index (χ4n) is 2.06. The molecular weight excluding hydrogens is 360 g/mol. The van der Waals surface area contributed by atoms with E-state index in [4.69, 9.17) is 9.47 Å². The van der Waals surface area contributed by atoms with E-state index in [1.165, 1.54) is 43.5 Å². The van der Waals surface area contributed by atoms with Gasteiger partial charge in [-0.25, -0.2) is 4.79 Å². The van der Waals surface area contributed by atoms with Crippen LogP contribution in [0, 0.1) is 0 Å². The third-order valence-corrected chi connectivity index (χ3v) is 3.25. The summed E-state index contributed by atoms with van der Waals surface area (Å²) >= 11 is 0. The third kappa shape index (κ3) is 6.77. The second-order valence-corrected chi connectivity index (χ2v) is 5.13. The lowest BCUT2D eigenvalue weighted by atomic mass is 10.2. The number of rotatable bonds is 8. The zero-order valence-corrected chi connectivity index (χ0v) is 14.4. The van der Waals surface area contributed by atoms with Crippen LogP contribution in [0.3, 0.4) is 0 Å². The van der Waals surface area contributed by atoms with Gasteiger partial charge in [0, 0.05) is 17.3 Å². The molecule has 0 aliphatic heterocycles. The lowest BCUT2D eigenvalue weighted by Gasteiger charge is -2.07. The smallest absolute Gasteiger partial charge is 0.387 e. The highest BCUT2D eigenvalue weighted by molar-refractivity contribution is 5.94. The first kappa shape index (κ1) is 19.9. The number of anilines is 1. The molecule has 0 aliphatic rings. The Hall–Kier alpha value is -3.42. The van der Waals surface area contributed by atoms with Crippen LogP contribution in [0.25, 0.3) is 6.08 Å². The van der Waals surface area contributed by atoms with Gasteiger partial charge in [-0.05, 0) is 36.4 Å². The van der Waals surface area contributed by atoms with Gasteiger partial charge in [-0.1, -0.05) is 18.2 Å². The molecule has 8 heteroatoms. The van der Waals surface area contributed by atoms with Gasteiger partial charge in [0.05, 0.1) is 7.11 Å². The molecule has 6 nitrogen and oxygen atoms in total. The molecule has 0 bridgehead atoms. The molecule has 0 radical (unpaired) electrons. The van der Waals surface area contributed by atoms with E-state index in [0.29, 0.717) is 17.0 Å². The highest BCUT2D eigenvalue weighted by Gasteiger charge is 2.08. The van der Waals surface area contributed by atoms with Crippen molar-refractivity contribution in [1.29, 1.82) is 0 Å². The molecule has 142 valence electrons. The normalized spacial score (nSPS) is 10.7. The van der Waals surface area contributed by atoms with E-state index < -0.39 is 25.1 Å². The Kier molecular flexibility index (Phi) is 7.30. The first-order chi connectivity index (χ1) is 13.0. The van der Waals surface area contributed by atoms with E-state index >= 15 is 0 Å². The summed E-state index contributed by atoms with van der Waals surface area (Å²) in [6.45, 7) is -3.42. The van der Waals surface area contributed by atoms with Crippen molar-refractivity contribution >= 4 is 23.6 Å². The fraction of sp³-hybridized carbons (Fsp3) is 0.158. The van der Waals surface area contributed by atoms with E-state index in [1.54, 1.807) is 24.3 Å². The molecule has 0 saturated carbocycles. The van der Waals surface area contributed by atoms with Gasteiger partial charge in [0.2, 0.25) is 0 Å². The van der Waals surface area contributed by atoms with Gasteiger partial charge in [0.15, 0.2) is 6.61 Å². The average Bonchev–Trinajstić information content (AvgIpc) is 2.66. The number of methoxy groups -OCH3 is 1. The van der Waals surface area contributed by atoms with Crippen LogP contribution in [0.1, 0.15) is 5.56 Å². The Morgan fingerprint density at radius 1 is 1.11 bits per heavy atom. The first-order valence-electron chi connectivity index (χ1n) is 7.80. The Labute approximate surface area is 154 Å². The number of benzene rings is 2. The van der Waals surface area contributed by atoms with Gasteiger partial charge >= 0.3 is 12.6 Å². The number of alkyl halides is 2. The SMILES string of the molecule is COc1ccccc1/C=C/C(=O)OCC(=O)Nc1ccc(OC(F)F)cc1. The van der Waals surface area contributed by atoms with Crippen LogP contribution in [-0.2, 0) is 14.3 Å². The van der Waals surface area contributed by atoms with Gasteiger partial charge in [0.1, 0.15) is 11.5 Å². The molecule has 0 atom stereocenters. The van der Waals surface area contributed by atoms with Gasteiger partial charge in [-0.2, -0.15) is 8.78 Å². The summed E-state index contributed by atoms with van der Waals surface area (Å²) in [4.78, 5) is 23.5. The summed E-state index contributed by atoms with van der Waals surface area (Å²) in [6, 6.07) is 12.4. The monoisotopic (exact) mass is 377 g/mol. The molecule has 2 aromatic rings. The summed E-state index contributed by atoms with van der Waals surface area (Å²) in [5, 5.41) is 2.47. The topological polar surface area (TPSA) is 73.9 Å². The molecule has 0 aromatic heterocycles. The van der Waals surface area contributed by atoms with Crippen LogP contribution in [0.2, 0.25) is 0 Å². The molecule has 0 aliphatic carbocycles. The van der Waals surface area contributed by atoms with E-state index in [-0.39, 0.29) is 5.75 Å². The summed E-state index contributed by atoms with van der Waals surface area (Å²) < 4.78 is 38.3. The van der Waals surface area contributed by atoms with Gasteiger partial charge < -0.3 is 19.5 Å². The van der Waals surface area contributed by atoms with Gasteiger partial charge in [0.25, 0.3) is 5.91 Å². The number of hydrogen-bond acceptors (Lipinski definition) is 5. The average molecular weight is 377 g/mol. The molecule has 2 aromatic carbocycles. The van der Waals surface area contributed by atoms with Crippen molar-refractivity contribution < 1.29 is 32.6 Å². The molecule has 27 heavy (non-hydrogen) atoms. The molecule has 1 amide bonds. The lowest BCUT2D eigenvalue weighted by Crippen LogP contribution is -2.20. The number of carbonyl (C=O) groups excluding carboxylic acids is 2. The highest BCUT2D eigenvalue weighted by Crippen LogP contribution is 2.19. The second-order valence-electron chi connectivity index (χ2n) is 5.13. The number of carbonyl (C=O) groups is 2. The van der Waals surface area contributed by atoms with Crippen LogP contribution in [0.5, 0.6) is 11.5 Å². The van der Waals surface area contributed by atoms with Crippen molar-refractivity contribution in [2.45, 2.75) is 6.61 Å². The van der Waals surface area contributed by atoms with Crippen molar-refractivity contribution in [3.63, 3.8) is 0 Å². The largest absolute Gasteiger partial charge is 0.496 e. The van der Waals surface area contributed by atoms with Crippen molar-refractivity contribution in [3.8, 4) is 11.5 Å². The standard InChI is InChI=1S/C19H17F2NO5/c1-25-16-5-3-2-4-13(16)6-11-18(24)26-12-17(23)22-14-7-9-15(10-8-14)27-19(20)21/h2-11,19H,12H2,1H3,(H,22,23)/b11-6+. The van der Waals surface area contributed by atoms with Crippen LogP contribution < -0.4 is 14.8 Å². The third-order valence-electron chi connectivity index (χ3n) is 3.25. The van der Waals surface area contributed by atoms with Gasteiger partial charge in [-0.15, -0.1) is 0 Å². The Bertz CT molecular complexity index is 806. The minimum Gasteiger partial charge on any atom is -0.496 e. The minimum atomic E-state index is -2.92. The highest BCUT2D eigenvalue weighted by atomic mass is 19.3. The molecule has 0 spiro atoms. The summed E-state index contributed by atoms with van der Waals surface area (Å²) in [6.07, 6.45) is 2.70. The summed E-state index contributed by atoms with van der Waals surface area (Å²) in [5.74, 6) is -0.706. The zero-order valence-electron chi connectivity index (χ0n) is 14.4. The number of ether oxygens (including phenoxy) is 3. The number of nitrogens with one attached hydrogen (secondary N) is 1. The van der Waals surface area contributed by atoms with E-state index in [0.717, 1.165) is 0 Å². The lowest BCUT2D eigenvalue weighted by molar-refractivity contribution is -0.142. The Balaban J connectivity index is 1.81. The van der Waals surface area contributed by atoms with Gasteiger partial charge in [-0.3, -0.25) is 4.79 Å². The maximum absolute atomic E-state index is 12.1. The fourth-order valence-corrected chi connectivity index (χ4v) is 2.06. The van der Waals surface area contributed by atoms with Crippen molar-refractivity contribution in [3.05, 3.63) is 60.2 Å². The van der Waals surface area contributed by atoms with Crippen LogP contribution in [-0.4, -0.2) is 32.2 Å². The van der Waals surface area contributed by atoms with Crippen LogP contribution in [0.15, 0.2) is 54.6 Å². The molecule has 0 unspecified atom stereocenters. The molecule has 0 fully saturated rings. The van der Waals surface area contributed by atoms with E-state index in [1.807, 2.05) is 0 Å². The summed E-state index contributed by atoms with van der Waals surface area (Å²) in [5.41, 5.74) is 1.04. The van der Waals surface area contributed by atoms with E-state index in [2.05, 4.69) is 10.1 Å². The number of halogens is 2. The number of para-hydroxylation sites is 1. The molecule has 0 heterocycles. The number of hydrogen-bond donors (Lipinski definition) is 1. The summed E-state index contributed by atoms with van der Waals surface area (Å²) in [7, 11) is 1.52. The predicted octanol–water partition coefficient (Wildman–Crippen LogP) is 3.49. The molecule has 2 rings (SSSR count). The maximum Gasteiger partial charge on any atom is 0.387 e. The van der Waals surface area contributed by atoms with Crippen molar-refractivity contribution in [2.75, 3.05) is 19.0 Å². The molecule has 1 N–H and O–H groups in total.